The molecule has 2 rings (SSSR count). The molecule has 0 saturated heterocycles. The van der Waals surface area contributed by atoms with E-state index in [1.54, 1.807) is 17.0 Å². The summed E-state index contributed by atoms with van der Waals surface area (Å²) in [6.45, 7) is 7.83. The Hall–Kier alpha value is -2.53. The van der Waals surface area contributed by atoms with E-state index in [1.165, 1.54) is 0 Å². The quantitative estimate of drug-likeness (QED) is 0.660. The third-order valence-electron chi connectivity index (χ3n) is 4.43. The number of carbonyl (C=O) groups is 2. The van der Waals surface area contributed by atoms with Crippen LogP contribution in [0, 0.1) is 6.92 Å². The average Bonchev–Trinajstić information content (AvgIpc) is 2.67. The van der Waals surface area contributed by atoms with Gasteiger partial charge in [0.2, 0.25) is 5.91 Å². The first-order chi connectivity index (χ1) is 13.8. The van der Waals surface area contributed by atoms with Crippen LogP contribution in [0.25, 0.3) is 0 Å². The van der Waals surface area contributed by atoms with Crippen molar-refractivity contribution in [2.45, 2.75) is 52.7 Å². The third kappa shape index (κ3) is 7.09. The van der Waals surface area contributed by atoms with Gasteiger partial charge in [0.25, 0.3) is 5.91 Å². The summed E-state index contributed by atoms with van der Waals surface area (Å²) >= 11 is 5.97. The zero-order valence-electron chi connectivity index (χ0n) is 17.4. The number of carbonyl (C=O) groups excluding carboxylic acids is 2. The number of ether oxygens (including phenoxy) is 1. The van der Waals surface area contributed by atoms with Crippen molar-refractivity contribution in [2.75, 3.05) is 6.61 Å². The Balaban J connectivity index is 2.20. The number of amides is 2. The fourth-order valence-electron chi connectivity index (χ4n) is 3.02. The van der Waals surface area contributed by atoms with Crippen molar-refractivity contribution in [1.29, 1.82) is 0 Å². The van der Waals surface area contributed by atoms with Crippen molar-refractivity contribution in [3.05, 3.63) is 64.7 Å². The Morgan fingerprint density at radius 2 is 1.83 bits per heavy atom. The van der Waals surface area contributed by atoms with Gasteiger partial charge in [-0.1, -0.05) is 42.8 Å². The van der Waals surface area contributed by atoms with Gasteiger partial charge in [0.1, 0.15) is 11.8 Å². The van der Waals surface area contributed by atoms with E-state index in [1.807, 2.05) is 64.1 Å². The molecule has 0 aliphatic carbocycles. The van der Waals surface area contributed by atoms with Crippen LogP contribution in [0.3, 0.4) is 0 Å². The van der Waals surface area contributed by atoms with Crippen LogP contribution in [-0.4, -0.2) is 35.4 Å². The van der Waals surface area contributed by atoms with Crippen molar-refractivity contribution in [2.24, 2.45) is 0 Å². The van der Waals surface area contributed by atoms with E-state index in [4.69, 9.17) is 16.3 Å². The van der Waals surface area contributed by atoms with Crippen LogP contribution in [0.5, 0.6) is 5.75 Å². The van der Waals surface area contributed by atoms with E-state index in [9.17, 15) is 9.59 Å². The van der Waals surface area contributed by atoms with E-state index >= 15 is 0 Å². The molecule has 0 spiro atoms. The summed E-state index contributed by atoms with van der Waals surface area (Å²) in [5.74, 6) is 0.219. The minimum absolute atomic E-state index is 0.00687. The van der Waals surface area contributed by atoms with Crippen molar-refractivity contribution in [3.8, 4) is 5.75 Å². The van der Waals surface area contributed by atoms with Gasteiger partial charge in [-0.3, -0.25) is 9.59 Å². The Morgan fingerprint density at radius 1 is 1.14 bits per heavy atom. The van der Waals surface area contributed by atoms with Gasteiger partial charge in [-0.15, -0.1) is 0 Å². The summed E-state index contributed by atoms with van der Waals surface area (Å²) in [6, 6.07) is 14.2. The number of benzene rings is 2. The molecule has 6 heteroatoms. The molecule has 0 radical (unpaired) electrons. The highest BCUT2D eigenvalue weighted by Crippen LogP contribution is 2.17. The number of hydrogen-bond donors (Lipinski definition) is 1. The maximum Gasteiger partial charge on any atom is 0.261 e. The SMILES string of the molecule is CC[C@H](C(=O)NC(C)C)N(Cc1ccc(Cl)cc1)C(=O)COc1cccc(C)c1. The zero-order valence-corrected chi connectivity index (χ0v) is 18.2. The van der Waals surface area contributed by atoms with Gasteiger partial charge in [0.15, 0.2) is 6.61 Å². The molecule has 0 aliphatic rings. The second kappa shape index (κ2) is 10.9. The Bertz CT molecular complexity index is 821. The van der Waals surface area contributed by atoms with E-state index in [0.29, 0.717) is 23.7 Å². The molecule has 2 amide bonds. The topological polar surface area (TPSA) is 58.6 Å². The van der Waals surface area contributed by atoms with Gasteiger partial charge >= 0.3 is 0 Å². The lowest BCUT2D eigenvalue weighted by Gasteiger charge is -2.31. The molecule has 0 aromatic heterocycles. The van der Waals surface area contributed by atoms with Crippen LogP contribution in [-0.2, 0) is 16.1 Å². The maximum absolute atomic E-state index is 13.1. The molecule has 1 atom stereocenters. The molecular weight excluding hydrogens is 388 g/mol. The average molecular weight is 417 g/mol. The molecule has 2 aromatic carbocycles. The van der Waals surface area contributed by atoms with Crippen LogP contribution in [0.1, 0.15) is 38.3 Å². The highest BCUT2D eigenvalue weighted by molar-refractivity contribution is 6.30. The monoisotopic (exact) mass is 416 g/mol. The number of halogens is 1. The summed E-state index contributed by atoms with van der Waals surface area (Å²) in [6.07, 6.45) is 0.502. The molecular formula is C23H29ClN2O3. The van der Waals surface area contributed by atoms with Crippen molar-refractivity contribution in [1.82, 2.24) is 10.2 Å². The minimum atomic E-state index is -0.582. The first-order valence-corrected chi connectivity index (χ1v) is 10.2. The molecule has 0 aliphatic heterocycles. The molecule has 0 saturated carbocycles. The van der Waals surface area contributed by atoms with Gasteiger partial charge in [-0.2, -0.15) is 0 Å². The van der Waals surface area contributed by atoms with Crippen LogP contribution in [0.4, 0.5) is 0 Å². The Labute approximate surface area is 178 Å². The van der Waals surface area contributed by atoms with Crippen molar-refractivity contribution >= 4 is 23.4 Å². The molecule has 29 heavy (non-hydrogen) atoms. The number of hydrogen-bond acceptors (Lipinski definition) is 3. The molecule has 0 fully saturated rings. The Kier molecular flexibility index (Phi) is 8.52. The number of rotatable bonds is 9. The van der Waals surface area contributed by atoms with Gasteiger partial charge in [-0.05, 0) is 62.6 Å². The number of aryl methyl sites for hydroxylation is 1. The predicted octanol–water partition coefficient (Wildman–Crippen LogP) is 4.36. The van der Waals surface area contributed by atoms with Crippen molar-refractivity contribution in [3.63, 3.8) is 0 Å². The minimum Gasteiger partial charge on any atom is -0.484 e. The lowest BCUT2D eigenvalue weighted by molar-refractivity contribution is -0.143. The van der Waals surface area contributed by atoms with Crippen molar-refractivity contribution < 1.29 is 14.3 Å². The highest BCUT2D eigenvalue weighted by Gasteiger charge is 2.29. The molecule has 0 bridgehead atoms. The zero-order chi connectivity index (χ0) is 21.4. The fourth-order valence-corrected chi connectivity index (χ4v) is 3.15. The fraction of sp³-hybridized carbons (Fsp3) is 0.391. The first kappa shape index (κ1) is 22.8. The third-order valence-corrected chi connectivity index (χ3v) is 4.69. The maximum atomic E-state index is 13.1. The second-order valence-electron chi connectivity index (χ2n) is 7.34. The molecule has 5 nitrogen and oxygen atoms in total. The highest BCUT2D eigenvalue weighted by atomic mass is 35.5. The van der Waals surface area contributed by atoms with E-state index < -0.39 is 6.04 Å². The predicted molar refractivity (Wildman–Crippen MR) is 116 cm³/mol. The molecule has 0 unspecified atom stereocenters. The lowest BCUT2D eigenvalue weighted by Crippen LogP contribution is -2.51. The van der Waals surface area contributed by atoms with E-state index in [0.717, 1.165) is 11.1 Å². The summed E-state index contributed by atoms with van der Waals surface area (Å²) in [5.41, 5.74) is 1.95. The first-order valence-electron chi connectivity index (χ1n) is 9.84. The van der Waals surface area contributed by atoms with Gasteiger partial charge in [-0.25, -0.2) is 0 Å². The van der Waals surface area contributed by atoms with Crippen LogP contribution >= 0.6 is 11.6 Å². The second-order valence-corrected chi connectivity index (χ2v) is 7.78. The normalized spacial score (nSPS) is 11.8. The molecule has 1 N–H and O–H groups in total. The van der Waals surface area contributed by atoms with Gasteiger partial charge in [0, 0.05) is 17.6 Å². The molecule has 156 valence electrons. The number of nitrogens with one attached hydrogen (secondary N) is 1. The summed E-state index contributed by atoms with van der Waals surface area (Å²) in [5, 5.41) is 3.53. The summed E-state index contributed by atoms with van der Waals surface area (Å²) < 4.78 is 5.70. The Morgan fingerprint density at radius 3 is 2.41 bits per heavy atom. The standard InChI is InChI=1S/C23H29ClN2O3/c1-5-21(23(28)25-16(2)3)26(14-18-9-11-19(24)12-10-18)22(27)15-29-20-8-6-7-17(4)13-20/h6-13,16,21H,5,14-15H2,1-4H3,(H,25,28)/t21-/m1/s1. The van der Waals surface area contributed by atoms with Crippen LogP contribution in [0.2, 0.25) is 5.02 Å². The van der Waals surface area contributed by atoms with E-state index in [-0.39, 0.29) is 24.5 Å². The van der Waals surface area contributed by atoms with Crippen LogP contribution < -0.4 is 10.1 Å². The van der Waals surface area contributed by atoms with E-state index in [2.05, 4.69) is 5.32 Å². The number of nitrogens with zero attached hydrogens (tertiary/aromatic N) is 1. The van der Waals surface area contributed by atoms with Crippen LogP contribution in [0.15, 0.2) is 48.5 Å². The largest absolute Gasteiger partial charge is 0.484 e. The smallest absolute Gasteiger partial charge is 0.261 e. The molecule has 2 aromatic rings. The summed E-state index contributed by atoms with van der Waals surface area (Å²) in [4.78, 5) is 27.4. The summed E-state index contributed by atoms with van der Waals surface area (Å²) in [7, 11) is 0. The van der Waals surface area contributed by atoms with Gasteiger partial charge in [0.05, 0.1) is 0 Å². The van der Waals surface area contributed by atoms with Gasteiger partial charge < -0.3 is 15.0 Å². The molecule has 0 heterocycles. The lowest BCUT2D eigenvalue weighted by atomic mass is 10.1.